The van der Waals surface area contributed by atoms with Gasteiger partial charge in [0.1, 0.15) is 0 Å². The predicted molar refractivity (Wildman–Crippen MR) is 70.1 cm³/mol. The zero-order valence-corrected chi connectivity index (χ0v) is 11.1. The van der Waals surface area contributed by atoms with Crippen molar-refractivity contribution in [2.24, 2.45) is 0 Å². The van der Waals surface area contributed by atoms with Crippen LogP contribution in [0.15, 0.2) is 6.20 Å². The average Bonchev–Trinajstić information content (AvgIpc) is 2.36. The van der Waals surface area contributed by atoms with Crippen molar-refractivity contribution >= 4 is 17.8 Å². The Balaban J connectivity index is 2.44. The third-order valence-electron chi connectivity index (χ3n) is 2.42. The molecule has 1 heterocycles. The highest BCUT2D eigenvalue weighted by Crippen LogP contribution is 2.06. The molecular weight excluding hydrogens is 248 g/mol. The van der Waals surface area contributed by atoms with E-state index in [1.54, 1.807) is 6.92 Å². The molecule has 0 saturated heterocycles. The molecule has 1 rings (SSSR count). The lowest BCUT2D eigenvalue weighted by molar-refractivity contribution is -0.120. The summed E-state index contributed by atoms with van der Waals surface area (Å²) < 4.78 is 0. The maximum atomic E-state index is 11.3. The van der Waals surface area contributed by atoms with Crippen LogP contribution in [0.25, 0.3) is 0 Å². The molecule has 104 valence electrons. The maximum Gasteiger partial charge on any atom is 0.339 e. The van der Waals surface area contributed by atoms with Crippen molar-refractivity contribution in [1.82, 2.24) is 15.3 Å². The Morgan fingerprint density at radius 2 is 2.11 bits per heavy atom. The minimum atomic E-state index is -1.05. The topological polar surface area (TPSA) is 104 Å². The van der Waals surface area contributed by atoms with Gasteiger partial charge in [-0.3, -0.25) is 4.79 Å². The molecule has 0 atom stereocenters. The van der Waals surface area contributed by atoms with Gasteiger partial charge in [0.25, 0.3) is 0 Å². The van der Waals surface area contributed by atoms with Gasteiger partial charge in [0, 0.05) is 25.7 Å². The number of hydrogen-bond donors (Lipinski definition) is 3. The minimum Gasteiger partial charge on any atom is -0.478 e. The summed E-state index contributed by atoms with van der Waals surface area (Å²) in [6, 6.07) is 0. The van der Waals surface area contributed by atoms with Gasteiger partial charge in [0.15, 0.2) is 0 Å². The van der Waals surface area contributed by atoms with Gasteiger partial charge < -0.3 is 15.7 Å². The molecule has 0 aliphatic heterocycles. The van der Waals surface area contributed by atoms with Crippen molar-refractivity contribution in [2.75, 3.05) is 18.4 Å². The Bertz CT molecular complexity index is 462. The highest BCUT2D eigenvalue weighted by Gasteiger charge is 2.09. The summed E-state index contributed by atoms with van der Waals surface area (Å²) in [5.41, 5.74) is 0.465. The number of aromatic carboxylic acids is 1. The first-order valence-electron chi connectivity index (χ1n) is 6.12. The van der Waals surface area contributed by atoms with Crippen molar-refractivity contribution in [2.45, 2.75) is 26.7 Å². The standard InChI is InChI=1S/C12H18N4O3/c1-3-5-13-10(17)4-6-14-12-15-7-9(11(18)19)8(2)16-12/h7H,3-6H2,1-2H3,(H,13,17)(H,18,19)(H,14,15,16). The van der Waals surface area contributed by atoms with E-state index in [2.05, 4.69) is 20.6 Å². The average molecular weight is 266 g/mol. The van der Waals surface area contributed by atoms with Crippen molar-refractivity contribution in [1.29, 1.82) is 0 Å². The van der Waals surface area contributed by atoms with Gasteiger partial charge in [0.05, 0.1) is 11.3 Å². The lowest BCUT2D eigenvalue weighted by Gasteiger charge is -2.07. The van der Waals surface area contributed by atoms with Crippen LogP contribution in [0, 0.1) is 6.92 Å². The zero-order chi connectivity index (χ0) is 14.3. The molecular formula is C12H18N4O3. The van der Waals surface area contributed by atoms with E-state index in [1.807, 2.05) is 6.92 Å². The first-order valence-corrected chi connectivity index (χ1v) is 6.12. The Morgan fingerprint density at radius 3 is 2.68 bits per heavy atom. The number of nitrogens with one attached hydrogen (secondary N) is 2. The Morgan fingerprint density at radius 1 is 1.37 bits per heavy atom. The molecule has 7 nitrogen and oxygen atoms in total. The quantitative estimate of drug-likeness (QED) is 0.674. The number of rotatable bonds is 7. The fraction of sp³-hybridized carbons (Fsp3) is 0.500. The van der Waals surface area contributed by atoms with Gasteiger partial charge in [-0.25, -0.2) is 14.8 Å². The summed E-state index contributed by atoms with van der Waals surface area (Å²) in [6.45, 7) is 4.66. The number of aromatic nitrogens is 2. The largest absolute Gasteiger partial charge is 0.478 e. The number of anilines is 1. The zero-order valence-electron chi connectivity index (χ0n) is 11.1. The van der Waals surface area contributed by atoms with Crippen LogP contribution < -0.4 is 10.6 Å². The number of carboxylic acids is 1. The number of carboxylic acid groups (broad SMARTS) is 1. The fourth-order valence-corrected chi connectivity index (χ4v) is 1.40. The highest BCUT2D eigenvalue weighted by molar-refractivity contribution is 5.88. The van der Waals surface area contributed by atoms with E-state index >= 15 is 0 Å². The molecule has 0 aliphatic rings. The number of hydrogen-bond acceptors (Lipinski definition) is 5. The molecule has 0 unspecified atom stereocenters. The van der Waals surface area contributed by atoms with Crippen LogP contribution in [0.3, 0.4) is 0 Å². The number of carbonyl (C=O) groups is 2. The lowest BCUT2D eigenvalue weighted by Crippen LogP contribution is -2.26. The predicted octanol–water partition coefficient (Wildman–Crippen LogP) is 0.811. The smallest absolute Gasteiger partial charge is 0.339 e. The third kappa shape index (κ3) is 4.90. The normalized spacial score (nSPS) is 10.0. The van der Waals surface area contributed by atoms with E-state index in [0.717, 1.165) is 6.42 Å². The van der Waals surface area contributed by atoms with Gasteiger partial charge in [-0.05, 0) is 13.3 Å². The highest BCUT2D eigenvalue weighted by atomic mass is 16.4. The Hall–Kier alpha value is -2.18. The van der Waals surface area contributed by atoms with Crippen LogP contribution in [-0.4, -0.2) is 40.0 Å². The van der Waals surface area contributed by atoms with Gasteiger partial charge in [0.2, 0.25) is 11.9 Å². The van der Waals surface area contributed by atoms with E-state index < -0.39 is 5.97 Å². The summed E-state index contributed by atoms with van der Waals surface area (Å²) in [5, 5.41) is 14.5. The lowest BCUT2D eigenvalue weighted by atomic mass is 10.2. The fourth-order valence-electron chi connectivity index (χ4n) is 1.40. The molecule has 1 aromatic rings. The van der Waals surface area contributed by atoms with E-state index in [9.17, 15) is 9.59 Å². The van der Waals surface area contributed by atoms with Gasteiger partial charge in [-0.2, -0.15) is 0 Å². The summed E-state index contributed by atoms with van der Waals surface area (Å²) in [7, 11) is 0. The molecule has 0 aromatic carbocycles. The molecule has 0 aliphatic carbocycles. The molecule has 0 fully saturated rings. The van der Waals surface area contributed by atoms with E-state index in [4.69, 9.17) is 5.11 Å². The second-order valence-corrected chi connectivity index (χ2v) is 4.02. The summed E-state index contributed by atoms with van der Waals surface area (Å²) in [6.07, 6.45) is 2.48. The number of nitrogens with zero attached hydrogens (tertiary/aromatic N) is 2. The van der Waals surface area contributed by atoms with Crippen LogP contribution in [-0.2, 0) is 4.79 Å². The molecule has 7 heteroatoms. The summed E-state index contributed by atoms with van der Waals surface area (Å²) >= 11 is 0. The van der Waals surface area contributed by atoms with E-state index in [-0.39, 0.29) is 11.5 Å². The van der Waals surface area contributed by atoms with Crippen LogP contribution in [0.1, 0.15) is 35.8 Å². The van der Waals surface area contributed by atoms with Crippen LogP contribution in [0.5, 0.6) is 0 Å². The van der Waals surface area contributed by atoms with Crippen molar-refractivity contribution in [3.63, 3.8) is 0 Å². The second kappa shape index (κ2) is 7.30. The molecule has 1 amide bonds. The SMILES string of the molecule is CCCNC(=O)CCNc1ncc(C(=O)O)c(C)n1. The van der Waals surface area contributed by atoms with Gasteiger partial charge in [-0.1, -0.05) is 6.92 Å². The monoisotopic (exact) mass is 266 g/mol. The van der Waals surface area contributed by atoms with Crippen LogP contribution in [0.4, 0.5) is 5.95 Å². The minimum absolute atomic E-state index is 0.0340. The summed E-state index contributed by atoms with van der Waals surface area (Å²) in [4.78, 5) is 30.0. The third-order valence-corrected chi connectivity index (χ3v) is 2.42. The summed E-state index contributed by atoms with van der Waals surface area (Å²) in [5.74, 6) is -0.762. The molecule has 19 heavy (non-hydrogen) atoms. The number of carbonyl (C=O) groups excluding carboxylic acids is 1. The first-order chi connectivity index (χ1) is 9.04. The van der Waals surface area contributed by atoms with Crippen LogP contribution >= 0.6 is 0 Å². The van der Waals surface area contributed by atoms with Gasteiger partial charge in [-0.15, -0.1) is 0 Å². The molecule has 0 spiro atoms. The maximum absolute atomic E-state index is 11.3. The van der Waals surface area contributed by atoms with E-state index in [1.165, 1.54) is 6.20 Å². The van der Waals surface area contributed by atoms with Crippen molar-refractivity contribution in [3.8, 4) is 0 Å². The van der Waals surface area contributed by atoms with Crippen molar-refractivity contribution < 1.29 is 14.7 Å². The Labute approximate surface area is 111 Å². The molecule has 0 radical (unpaired) electrons. The first kappa shape index (κ1) is 14.9. The second-order valence-electron chi connectivity index (χ2n) is 4.02. The molecule has 0 bridgehead atoms. The van der Waals surface area contributed by atoms with Crippen LogP contribution in [0.2, 0.25) is 0 Å². The molecule has 3 N–H and O–H groups in total. The molecule has 1 aromatic heterocycles. The number of amides is 1. The van der Waals surface area contributed by atoms with Crippen molar-refractivity contribution in [3.05, 3.63) is 17.5 Å². The van der Waals surface area contributed by atoms with E-state index in [0.29, 0.717) is 31.2 Å². The molecule has 0 saturated carbocycles. The van der Waals surface area contributed by atoms with Gasteiger partial charge >= 0.3 is 5.97 Å². The number of aryl methyl sites for hydroxylation is 1. The Kier molecular flexibility index (Phi) is 5.72.